The summed E-state index contributed by atoms with van der Waals surface area (Å²) < 4.78 is 10.9. The molecule has 23 heavy (non-hydrogen) atoms. The Morgan fingerprint density at radius 1 is 1.26 bits per heavy atom. The monoisotopic (exact) mass is 319 g/mol. The van der Waals surface area contributed by atoms with Gasteiger partial charge in [-0.15, -0.1) is 0 Å². The van der Waals surface area contributed by atoms with E-state index in [2.05, 4.69) is 5.32 Å². The summed E-state index contributed by atoms with van der Waals surface area (Å²) in [6.45, 7) is 7.46. The third kappa shape index (κ3) is 7.61. The molecule has 0 unspecified atom stereocenters. The number of aldehydes is 1. The number of hydrogen-bond acceptors (Lipinski definition) is 4. The van der Waals surface area contributed by atoms with Crippen molar-refractivity contribution < 1.29 is 19.1 Å². The Morgan fingerprint density at radius 2 is 1.91 bits per heavy atom. The average Bonchev–Trinajstić information content (AvgIpc) is 2.48. The Labute approximate surface area is 137 Å². The summed E-state index contributed by atoms with van der Waals surface area (Å²) in [5, 5.41) is 2.54. The smallest absolute Gasteiger partial charge is 0.408 e. The van der Waals surface area contributed by atoms with Gasteiger partial charge in [-0.1, -0.05) is 42.5 Å². The topological polar surface area (TPSA) is 64.6 Å². The number of carbonyl (C=O) groups excluding carboxylic acids is 2. The molecule has 0 radical (unpaired) electrons. The number of nitrogens with one attached hydrogen (secondary N) is 1. The molecule has 0 spiro atoms. The molecule has 0 aliphatic carbocycles. The minimum atomic E-state index is -0.815. The molecule has 126 valence electrons. The Kier molecular flexibility index (Phi) is 7.48. The van der Waals surface area contributed by atoms with Crippen LogP contribution in [0.4, 0.5) is 4.79 Å². The highest BCUT2D eigenvalue weighted by Crippen LogP contribution is 2.10. The third-order valence-corrected chi connectivity index (χ3v) is 2.85. The number of allylic oxidation sites excluding steroid dienone is 1. The Balaban J connectivity index is 2.68. The first-order valence-electron chi connectivity index (χ1n) is 7.59. The maximum absolute atomic E-state index is 11.8. The molecule has 0 bridgehead atoms. The van der Waals surface area contributed by atoms with Crippen molar-refractivity contribution >= 4 is 12.4 Å². The summed E-state index contributed by atoms with van der Waals surface area (Å²) in [5.74, 6) is 0. The van der Waals surface area contributed by atoms with E-state index in [1.165, 1.54) is 0 Å². The summed E-state index contributed by atoms with van der Waals surface area (Å²) in [7, 11) is 0. The fraction of sp³-hybridized carbons (Fsp3) is 0.444. The van der Waals surface area contributed by atoms with Crippen LogP contribution in [0.3, 0.4) is 0 Å². The number of hydrogen-bond donors (Lipinski definition) is 1. The lowest BCUT2D eigenvalue weighted by Gasteiger charge is -2.24. The zero-order valence-corrected chi connectivity index (χ0v) is 14.1. The van der Waals surface area contributed by atoms with E-state index >= 15 is 0 Å². The zero-order valence-electron chi connectivity index (χ0n) is 14.1. The van der Waals surface area contributed by atoms with Gasteiger partial charge in [0.15, 0.2) is 0 Å². The number of amides is 1. The fourth-order valence-corrected chi connectivity index (χ4v) is 1.87. The molecule has 1 aromatic carbocycles. The second-order valence-corrected chi connectivity index (χ2v) is 6.10. The van der Waals surface area contributed by atoms with Gasteiger partial charge in [-0.2, -0.15) is 0 Å². The van der Waals surface area contributed by atoms with Crippen molar-refractivity contribution in [2.45, 2.75) is 52.0 Å². The summed E-state index contributed by atoms with van der Waals surface area (Å²) in [6.07, 6.45) is 2.96. The molecular formula is C18H25NO4. The second kappa shape index (κ2) is 9.10. The summed E-state index contributed by atoms with van der Waals surface area (Å²) >= 11 is 0. The molecule has 0 heterocycles. The molecular weight excluding hydrogens is 294 g/mol. The summed E-state index contributed by atoms with van der Waals surface area (Å²) in [4.78, 5) is 23.2. The van der Waals surface area contributed by atoms with Gasteiger partial charge in [0.1, 0.15) is 24.0 Å². The van der Waals surface area contributed by atoms with E-state index in [0.29, 0.717) is 12.9 Å². The molecule has 0 aliphatic heterocycles. The quantitative estimate of drug-likeness (QED) is 0.619. The zero-order chi connectivity index (χ0) is 17.3. The lowest BCUT2D eigenvalue weighted by molar-refractivity contribution is -0.112. The van der Waals surface area contributed by atoms with Gasteiger partial charge in [-0.3, -0.25) is 0 Å². The number of benzene rings is 1. The molecule has 0 aromatic heterocycles. The van der Waals surface area contributed by atoms with Gasteiger partial charge in [-0.05, 0) is 33.3 Å². The molecule has 2 atom stereocenters. The average molecular weight is 319 g/mol. The predicted molar refractivity (Wildman–Crippen MR) is 89.1 cm³/mol. The molecule has 5 heteroatoms. The van der Waals surface area contributed by atoms with Crippen LogP contribution in [-0.4, -0.2) is 30.1 Å². The molecule has 5 nitrogen and oxygen atoms in total. The van der Waals surface area contributed by atoms with E-state index < -0.39 is 23.8 Å². The second-order valence-electron chi connectivity index (χ2n) is 6.10. The highest BCUT2D eigenvalue weighted by atomic mass is 16.6. The normalized spacial score (nSPS) is 14.3. The van der Waals surface area contributed by atoms with Crippen LogP contribution in [0, 0.1) is 0 Å². The van der Waals surface area contributed by atoms with Gasteiger partial charge in [0.25, 0.3) is 0 Å². The molecule has 1 amide bonds. The van der Waals surface area contributed by atoms with Crippen molar-refractivity contribution in [2.75, 3.05) is 0 Å². The van der Waals surface area contributed by atoms with Crippen molar-refractivity contribution in [3.8, 4) is 0 Å². The van der Waals surface area contributed by atoms with Gasteiger partial charge < -0.3 is 19.6 Å². The molecule has 0 aliphatic rings. The van der Waals surface area contributed by atoms with Crippen LogP contribution in [0.25, 0.3) is 0 Å². The number of ether oxygens (including phenoxy) is 2. The predicted octanol–water partition coefficient (Wildman–Crippen LogP) is 3.24. The first-order chi connectivity index (χ1) is 10.9. The Hall–Kier alpha value is -2.14. The fourth-order valence-electron chi connectivity index (χ4n) is 1.87. The largest absolute Gasteiger partial charge is 0.444 e. The van der Waals surface area contributed by atoms with Crippen molar-refractivity contribution in [1.29, 1.82) is 0 Å². The minimum absolute atomic E-state index is 0.343. The Bertz CT molecular complexity index is 520. The first kappa shape index (κ1) is 18.9. The van der Waals surface area contributed by atoms with E-state index in [0.717, 1.165) is 5.56 Å². The molecule has 0 saturated heterocycles. The molecule has 1 rings (SSSR count). The summed E-state index contributed by atoms with van der Waals surface area (Å²) in [5.41, 5.74) is 0.363. The third-order valence-electron chi connectivity index (χ3n) is 2.85. The number of rotatable bonds is 7. The van der Waals surface area contributed by atoms with E-state index in [4.69, 9.17) is 9.47 Å². The maximum Gasteiger partial charge on any atom is 0.408 e. The van der Waals surface area contributed by atoms with E-state index in [1.807, 2.05) is 37.3 Å². The van der Waals surface area contributed by atoms with Crippen molar-refractivity contribution in [3.05, 3.63) is 48.0 Å². The van der Waals surface area contributed by atoms with Crippen LogP contribution in [0.15, 0.2) is 42.5 Å². The van der Waals surface area contributed by atoms with Gasteiger partial charge in [0.05, 0.1) is 6.61 Å². The van der Waals surface area contributed by atoms with Gasteiger partial charge in [-0.25, -0.2) is 4.79 Å². The highest BCUT2D eigenvalue weighted by Gasteiger charge is 2.24. The number of carbonyl (C=O) groups is 2. The van der Waals surface area contributed by atoms with Gasteiger partial charge in [0.2, 0.25) is 0 Å². The highest BCUT2D eigenvalue weighted by molar-refractivity contribution is 5.74. The van der Waals surface area contributed by atoms with Gasteiger partial charge in [0, 0.05) is 0 Å². The van der Waals surface area contributed by atoms with Crippen LogP contribution in [0.2, 0.25) is 0 Å². The van der Waals surface area contributed by atoms with E-state index in [9.17, 15) is 9.59 Å². The molecule has 1 aromatic rings. The molecule has 0 saturated carbocycles. The van der Waals surface area contributed by atoms with Crippen LogP contribution < -0.4 is 5.32 Å². The lowest BCUT2D eigenvalue weighted by atomic mass is 10.1. The molecule has 0 fully saturated rings. The Morgan fingerprint density at radius 3 is 2.43 bits per heavy atom. The minimum Gasteiger partial charge on any atom is -0.444 e. The van der Waals surface area contributed by atoms with Crippen molar-refractivity contribution in [3.63, 3.8) is 0 Å². The van der Waals surface area contributed by atoms with Gasteiger partial charge >= 0.3 is 6.09 Å². The van der Waals surface area contributed by atoms with Crippen molar-refractivity contribution in [1.82, 2.24) is 5.32 Å². The van der Waals surface area contributed by atoms with E-state index in [1.54, 1.807) is 32.9 Å². The maximum atomic E-state index is 11.8. The lowest BCUT2D eigenvalue weighted by Crippen LogP contribution is -2.46. The SMILES string of the molecule is C/C=C/[C@H](OCc1ccccc1)[C@H](C=O)NC(=O)OC(C)(C)C. The number of alkyl carbamates (subject to hydrolysis) is 1. The molecule has 1 N–H and O–H groups in total. The van der Waals surface area contributed by atoms with Crippen LogP contribution in [0.1, 0.15) is 33.3 Å². The van der Waals surface area contributed by atoms with E-state index in [-0.39, 0.29) is 0 Å². The van der Waals surface area contributed by atoms with Crippen LogP contribution in [-0.2, 0) is 20.9 Å². The standard InChI is InChI=1S/C18H25NO4/c1-5-9-16(22-13-14-10-7-6-8-11-14)15(12-20)19-17(21)23-18(2,3)4/h5-12,15-16H,13H2,1-4H3,(H,19,21)/b9-5+/t15-,16-/m0/s1. The van der Waals surface area contributed by atoms with Crippen molar-refractivity contribution in [2.24, 2.45) is 0 Å². The summed E-state index contributed by atoms with van der Waals surface area (Å²) in [6, 6.07) is 8.81. The van der Waals surface area contributed by atoms with Crippen LogP contribution >= 0.6 is 0 Å². The first-order valence-corrected chi connectivity index (χ1v) is 7.59. The van der Waals surface area contributed by atoms with Crippen LogP contribution in [0.5, 0.6) is 0 Å².